The summed E-state index contributed by atoms with van der Waals surface area (Å²) in [4.78, 5) is 15.6. The van der Waals surface area contributed by atoms with Crippen LogP contribution in [0.3, 0.4) is 0 Å². The van der Waals surface area contributed by atoms with E-state index in [9.17, 15) is 18.7 Å². The highest BCUT2D eigenvalue weighted by Gasteiger charge is 2.34. The van der Waals surface area contributed by atoms with Crippen LogP contribution in [0, 0.1) is 0 Å². The van der Waals surface area contributed by atoms with Gasteiger partial charge in [0, 0.05) is 18.8 Å². The minimum Gasteiger partial charge on any atom is -0.472 e. The molecule has 1 aromatic heterocycles. The second-order valence-corrected chi connectivity index (χ2v) is 4.85. The molecule has 0 spiro atoms. The van der Waals surface area contributed by atoms with Gasteiger partial charge in [0.25, 0.3) is 12.3 Å². The van der Waals surface area contributed by atoms with Gasteiger partial charge in [0.2, 0.25) is 5.88 Å². The van der Waals surface area contributed by atoms with Crippen LogP contribution >= 0.6 is 0 Å². The van der Waals surface area contributed by atoms with Gasteiger partial charge < -0.3 is 15.2 Å². The van der Waals surface area contributed by atoms with E-state index in [0.29, 0.717) is 12.8 Å². The number of hydrogen-bond donors (Lipinski definition) is 2. The molecule has 20 heavy (non-hydrogen) atoms. The second kappa shape index (κ2) is 6.13. The third-order valence-corrected chi connectivity index (χ3v) is 3.22. The van der Waals surface area contributed by atoms with Crippen LogP contribution < -0.4 is 10.1 Å². The zero-order valence-electron chi connectivity index (χ0n) is 10.8. The molecule has 0 bridgehead atoms. The Labute approximate surface area is 115 Å². The Bertz CT molecular complexity index is 461. The van der Waals surface area contributed by atoms with Crippen molar-refractivity contribution in [1.82, 2.24) is 10.3 Å². The van der Waals surface area contributed by atoms with Crippen molar-refractivity contribution in [3.05, 3.63) is 23.9 Å². The third-order valence-electron chi connectivity index (χ3n) is 3.22. The Hall–Kier alpha value is -1.76. The predicted octanol–water partition coefficient (Wildman–Crippen LogP) is 1.37. The van der Waals surface area contributed by atoms with E-state index in [2.05, 4.69) is 10.3 Å². The molecule has 1 saturated carbocycles. The van der Waals surface area contributed by atoms with Crippen molar-refractivity contribution in [3.63, 3.8) is 0 Å². The van der Waals surface area contributed by atoms with Gasteiger partial charge in [-0.15, -0.1) is 0 Å². The van der Waals surface area contributed by atoms with E-state index >= 15 is 0 Å². The van der Waals surface area contributed by atoms with Gasteiger partial charge in [-0.1, -0.05) is 0 Å². The molecule has 0 radical (unpaired) electrons. The maximum Gasteiger partial charge on any atom is 0.272 e. The lowest BCUT2D eigenvalue weighted by Gasteiger charge is -2.36. The fourth-order valence-electron chi connectivity index (χ4n) is 1.86. The van der Waals surface area contributed by atoms with E-state index in [1.807, 2.05) is 0 Å². The molecule has 2 N–H and O–H groups in total. The number of ether oxygens (including phenoxy) is 1. The van der Waals surface area contributed by atoms with E-state index in [1.54, 1.807) is 0 Å². The van der Waals surface area contributed by atoms with Crippen LogP contribution in [0.15, 0.2) is 18.3 Å². The molecule has 1 aliphatic carbocycles. The lowest BCUT2D eigenvalue weighted by atomic mass is 9.80. The van der Waals surface area contributed by atoms with Crippen molar-refractivity contribution in [1.29, 1.82) is 0 Å². The quantitative estimate of drug-likeness (QED) is 0.828. The fourth-order valence-corrected chi connectivity index (χ4v) is 1.86. The molecule has 0 atom stereocenters. The van der Waals surface area contributed by atoms with Crippen molar-refractivity contribution >= 4 is 5.91 Å². The molecule has 0 aromatic carbocycles. The van der Waals surface area contributed by atoms with Gasteiger partial charge in [0.1, 0.15) is 0 Å². The Morgan fingerprint density at radius 2 is 2.25 bits per heavy atom. The van der Waals surface area contributed by atoms with Crippen LogP contribution in [-0.2, 0) is 0 Å². The van der Waals surface area contributed by atoms with Gasteiger partial charge in [-0.25, -0.2) is 13.8 Å². The number of nitrogens with zero attached hydrogens (tertiary/aromatic N) is 1. The van der Waals surface area contributed by atoms with Crippen LogP contribution in [0.25, 0.3) is 0 Å². The Kier molecular flexibility index (Phi) is 4.49. The molecule has 1 aliphatic rings. The van der Waals surface area contributed by atoms with Crippen LogP contribution in [0.1, 0.15) is 29.6 Å². The molecule has 0 unspecified atom stereocenters. The van der Waals surface area contributed by atoms with E-state index in [-0.39, 0.29) is 23.9 Å². The number of halogens is 2. The van der Waals surface area contributed by atoms with E-state index in [0.717, 1.165) is 6.42 Å². The average Bonchev–Trinajstić information content (AvgIpc) is 2.41. The van der Waals surface area contributed by atoms with Crippen LogP contribution in [0.4, 0.5) is 8.78 Å². The Morgan fingerprint density at radius 3 is 2.75 bits per heavy atom. The van der Waals surface area contributed by atoms with Crippen molar-refractivity contribution < 1.29 is 23.4 Å². The zero-order chi connectivity index (χ0) is 14.6. The average molecular weight is 286 g/mol. The molecule has 1 heterocycles. The molecule has 7 heteroatoms. The number of carbonyl (C=O) groups excluding carboxylic acids is 1. The second-order valence-electron chi connectivity index (χ2n) is 4.85. The highest BCUT2D eigenvalue weighted by atomic mass is 19.3. The molecule has 5 nitrogen and oxygen atoms in total. The summed E-state index contributed by atoms with van der Waals surface area (Å²) in [5.74, 6) is -0.322. The molecular formula is C13H16F2N2O3. The Balaban J connectivity index is 1.83. The lowest BCUT2D eigenvalue weighted by Crippen LogP contribution is -2.47. The molecule has 0 saturated heterocycles. The highest BCUT2D eigenvalue weighted by Crippen LogP contribution is 2.30. The van der Waals surface area contributed by atoms with Crippen molar-refractivity contribution in [2.75, 3.05) is 13.2 Å². The van der Waals surface area contributed by atoms with Crippen molar-refractivity contribution in [2.45, 2.75) is 31.3 Å². The first-order chi connectivity index (χ1) is 9.48. The largest absolute Gasteiger partial charge is 0.472 e. The lowest BCUT2D eigenvalue weighted by molar-refractivity contribution is -0.0300. The number of carbonyl (C=O) groups is 1. The highest BCUT2D eigenvalue weighted by molar-refractivity contribution is 5.93. The topological polar surface area (TPSA) is 71.5 Å². The van der Waals surface area contributed by atoms with Crippen LogP contribution in [0.2, 0.25) is 0 Å². The molecular weight excluding hydrogens is 270 g/mol. The SMILES string of the molecule is O=C(NCC1(O)CCC1)c1ccc(OCC(F)F)nc1. The number of rotatable bonds is 6. The van der Waals surface area contributed by atoms with Crippen molar-refractivity contribution in [3.8, 4) is 5.88 Å². The summed E-state index contributed by atoms with van der Waals surface area (Å²) in [5.41, 5.74) is -0.499. The number of amides is 1. The molecule has 0 aliphatic heterocycles. The first-order valence-corrected chi connectivity index (χ1v) is 6.36. The van der Waals surface area contributed by atoms with E-state index < -0.39 is 18.6 Å². The summed E-state index contributed by atoms with van der Waals surface area (Å²) >= 11 is 0. The van der Waals surface area contributed by atoms with E-state index in [4.69, 9.17) is 4.74 Å². The minimum atomic E-state index is -2.57. The summed E-state index contributed by atoms with van der Waals surface area (Å²) in [7, 11) is 0. The standard InChI is InChI=1S/C13H16F2N2O3/c14-10(15)7-20-11-3-2-9(6-16-11)12(18)17-8-13(19)4-1-5-13/h2-3,6,10,19H,1,4-5,7-8H2,(H,17,18). The monoisotopic (exact) mass is 286 g/mol. The molecule has 1 aromatic rings. The summed E-state index contributed by atoms with van der Waals surface area (Å²) in [5, 5.41) is 12.5. The maximum absolute atomic E-state index is 11.9. The predicted molar refractivity (Wildman–Crippen MR) is 66.9 cm³/mol. The van der Waals surface area contributed by atoms with Gasteiger partial charge in [-0.05, 0) is 25.3 Å². The van der Waals surface area contributed by atoms with Gasteiger partial charge >= 0.3 is 0 Å². The normalized spacial score (nSPS) is 16.6. The van der Waals surface area contributed by atoms with E-state index in [1.165, 1.54) is 18.3 Å². The number of hydrogen-bond acceptors (Lipinski definition) is 4. The van der Waals surface area contributed by atoms with Gasteiger partial charge in [0.15, 0.2) is 6.61 Å². The third kappa shape index (κ3) is 3.86. The molecule has 1 fully saturated rings. The molecule has 110 valence electrons. The maximum atomic E-state index is 11.9. The number of nitrogens with one attached hydrogen (secondary N) is 1. The Morgan fingerprint density at radius 1 is 1.50 bits per heavy atom. The zero-order valence-corrected chi connectivity index (χ0v) is 10.8. The number of aliphatic hydroxyl groups is 1. The minimum absolute atomic E-state index is 0.0412. The van der Waals surface area contributed by atoms with Gasteiger partial charge in [0.05, 0.1) is 11.2 Å². The smallest absolute Gasteiger partial charge is 0.272 e. The van der Waals surface area contributed by atoms with Gasteiger partial charge in [-0.3, -0.25) is 4.79 Å². The van der Waals surface area contributed by atoms with Crippen molar-refractivity contribution in [2.24, 2.45) is 0 Å². The van der Waals surface area contributed by atoms with Crippen LogP contribution in [-0.4, -0.2) is 41.2 Å². The first kappa shape index (κ1) is 14.6. The summed E-state index contributed by atoms with van der Waals surface area (Å²) in [6.07, 6.45) is 1.02. The fraction of sp³-hybridized carbons (Fsp3) is 0.538. The van der Waals surface area contributed by atoms with Crippen LogP contribution in [0.5, 0.6) is 5.88 Å². The molecule has 1 amide bonds. The number of pyridine rings is 1. The molecule has 2 rings (SSSR count). The summed E-state index contributed by atoms with van der Waals surface area (Å²) < 4.78 is 28.6. The van der Waals surface area contributed by atoms with Gasteiger partial charge in [-0.2, -0.15) is 0 Å². The number of alkyl halides is 2. The first-order valence-electron chi connectivity index (χ1n) is 6.36. The summed E-state index contributed by atoms with van der Waals surface area (Å²) in [6.45, 7) is -0.527. The number of aromatic nitrogens is 1. The summed E-state index contributed by atoms with van der Waals surface area (Å²) in [6, 6.07) is 2.79.